The first-order valence-electron chi connectivity index (χ1n) is 10.5. The first-order valence-corrected chi connectivity index (χ1v) is 11.3. The van der Waals surface area contributed by atoms with Gasteiger partial charge >= 0.3 is 0 Å². The Balaban J connectivity index is 0.00000225. The van der Waals surface area contributed by atoms with E-state index in [2.05, 4.69) is 57.6 Å². The van der Waals surface area contributed by atoms with E-state index in [-0.39, 0.29) is 12.4 Å². The third-order valence-electron chi connectivity index (χ3n) is 6.08. The van der Waals surface area contributed by atoms with Gasteiger partial charge in [-0.2, -0.15) is 0 Å². The maximum absolute atomic E-state index is 5.92. The van der Waals surface area contributed by atoms with Crippen LogP contribution in [0.4, 0.5) is 0 Å². The van der Waals surface area contributed by atoms with Crippen molar-refractivity contribution in [2.24, 2.45) is 5.92 Å². The van der Waals surface area contributed by atoms with Gasteiger partial charge in [-0.15, -0.1) is 12.4 Å². The SMILES string of the molecule is Brc1cccc(COc2ccc(C3C[C@@H]3NCCC3CCCCC3)cc2)c1.Cl. The summed E-state index contributed by atoms with van der Waals surface area (Å²) >= 11 is 3.51. The summed E-state index contributed by atoms with van der Waals surface area (Å²) in [5.41, 5.74) is 2.62. The zero-order valence-corrected chi connectivity index (χ0v) is 18.8. The molecule has 2 nitrogen and oxygen atoms in total. The second-order valence-electron chi connectivity index (χ2n) is 8.18. The van der Waals surface area contributed by atoms with E-state index in [9.17, 15) is 0 Å². The van der Waals surface area contributed by atoms with Crippen LogP contribution in [0.5, 0.6) is 5.75 Å². The smallest absolute Gasteiger partial charge is 0.119 e. The van der Waals surface area contributed by atoms with Gasteiger partial charge in [-0.05, 0) is 60.7 Å². The minimum Gasteiger partial charge on any atom is -0.489 e. The first kappa shape index (κ1) is 21.7. The van der Waals surface area contributed by atoms with Crippen molar-refractivity contribution in [3.63, 3.8) is 0 Å². The van der Waals surface area contributed by atoms with Crippen molar-refractivity contribution in [3.8, 4) is 5.75 Å². The second kappa shape index (κ2) is 10.7. The monoisotopic (exact) mass is 463 g/mol. The number of halogens is 2. The Hall–Kier alpha value is -1.03. The normalized spacial score (nSPS) is 21.8. The molecular formula is C24H31BrClNO. The quantitative estimate of drug-likeness (QED) is 0.460. The van der Waals surface area contributed by atoms with Crippen LogP contribution in [-0.4, -0.2) is 12.6 Å². The molecule has 2 fully saturated rings. The number of nitrogens with one attached hydrogen (secondary N) is 1. The highest BCUT2D eigenvalue weighted by molar-refractivity contribution is 9.10. The van der Waals surface area contributed by atoms with Crippen LogP contribution >= 0.6 is 28.3 Å². The molecule has 152 valence electrons. The van der Waals surface area contributed by atoms with Crippen molar-refractivity contribution < 1.29 is 4.74 Å². The predicted octanol–water partition coefficient (Wildman–Crippen LogP) is 6.87. The van der Waals surface area contributed by atoms with E-state index in [0.29, 0.717) is 18.6 Å². The molecule has 28 heavy (non-hydrogen) atoms. The molecule has 4 rings (SSSR count). The molecule has 0 saturated heterocycles. The van der Waals surface area contributed by atoms with Gasteiger partial charge in [-0.3, -0.25) is 0 Å². The Morgan fingerprint density at radius 1 is 1.00 bits per heavy atom. The van der Waals surface area contributed by atoms with E-state index in [1.54, 1.807) is 0 Å². The third kappa shape index (κ3) is 6.23. The maximum atomic E-state index is 5.92. The Morgan fingerprint density at radius 3 is 2.54 bits per heavy atom. The molecule has 2 aromatic carbocycles. The van der Waals surface area contributed by atoms with Crippen LogP contribution in [0, 0.1) is 5.92 Å². The van der Waals surface area contributed by atoms with Gasteiger partial charge in [-0.1, -0.05) is 72.3 Å². The fraction of sp³-hybridized carbons (Fsp3) is 0.500. The van der Waals surface area contributed by atoms with Crippen LogP contribution < -0.4 is 10.1 Å². The number of rotatable bonds is 8. The summed E-state index contributed by atoms with van der Waals surface area (Å²) < 4.78 is 7.02. The summed E-state index contributed by atoms with van der Waals surface area (Å²) in [6.45, 7) is 1.80. The molecule has 2 aliphatic carbocycles. The summed E-state index contributed by atoms with van der Waals surface area (Å²) in [6.07, 6.45) is 9.92. The van der Waals surface area contributed by atoms with Crippen molar-refractivity contribution in [1.82, 2.24) is 5.32 Å². The molecule has 0 bridgehead atoms. The van der Waals surface area contributed by atoms with Crippen molar-refractivity contribution in [3.05, 3.63) is 64.1 Å². The molecule has 2 atom stereocenters. The van der Waals surface area contributed by atoms with Gasteiger partial charge in [0.1, 0.15) is 12.4 Å². The van der Waals surface area contributed by atoms with Gasteiger partial charge in [-0.25, -0.2) is 0 Å². The fourth-order valence-corrected chi connectivity index (χ4v) is 4.79. The topological polar surface area (TPSA) is 21.3 Å². The molecule has 0 amide bonds. The zero-order valence-electron chi connectivity index (χ0n) is 16.4. The van der Waals surface area contributed by atoms with E-state index in [1.807, 2.05) is 12.1 Å². The lowest BCUT2D eigenvalue weighted by atomic mass is 9.87. The lowest BCUT2D eigenvalue weighted by molar-refractivity contribution is 0.306. The predicted molar refractivity (Wildman–Crippen MR) is 123 cm³/mol. The molecule has 0 aliphatic heterocycles. The molecule has 0 spiro atoms. The average molecular weight is 465 g/mol. The zero-order chi connectivity index (χ0) is 18.5. The highest BCUT2D eigenvalue weighted by atomic mass is 79.9. The molecule has 2 aromatic rings. The van der Waals surface area contributed by atoms with Gasteiger partial charge in [0.15, 0.2) is 0 Å². The lowest BCUT2D eigenvalue weighted by Gasteiger charge is -2.21. The standard InChI is InChI=1S/C24H30BrNO.ClH/c25-21-8-4-7-19(15-21)17-27-22-11-9-20(10-12-22)23-16-24(23)26-14-13-18-5-2-1-3-6-18;/h4,7-12,15,18,23-24,26H,1-3,5-6,13-14,16-17H2;1H/t23?,24-;/m0./s1. The molecule has 2 aliphatic rings. The molecule has 4 heteroatoms. The second-order valence-corrected chi connectivity index (χ2v) is 9.10. The number of ether oxygens (including phenoxy) is 1. The van der Waals surface area contributed by atoms with E-state index < -0.39 is 0 Å². The molecule has 0 radical (unpaired) electrons. The van der Waals surface area contributed by atoms with Crippen LogP contribution in [0.2, 0.25) is 0 Å². The Morgan fingerprint density at radius 2 is 1.79 bits per heavy atom. The number of hydrogen-bond acceptors (Lipinski definition) is 2. The van der Waals surface area contributed by atoms with Crippen LogP contribution in [0.15, 0.2) is 53.0 Å². The van der Waals surface area contributed by atoms with Gasteiger partial charge in [0.25, 0.3) is 0 Å². The Kier molecular flexibility index (Phi) is 8.25. The molecule has 0 aromatic heterocycles. The van der Waals surface area contributed by atoms with Crippen LogP contribution in [0.25, 0.3) is 0 Å². The highest BCUT2D eigenvalue weighted by Crippen LogP contribution is 2.41. The van der Waals surface area contributed by atoms with Gasteiger partial charge in [0, 0.05) is 16.4 Å². The van der Waals surface area contributed by atoms with Gasteiger partial charge in [0.05, 0.1) is 0 Å². The van der Waals surface area contributed by atoms with Gasteiger partial charge < -0.3 is 10.1 Å². The summed E-state index contributed by atoms with van der Waals surface area (Å²) in [5, 5.41) is 3.78. The highest BCUT2D eigenvalue weighted by Gasteiger charge is 2.37. The van der Waals surface area contributed by atoms with Crippen molar-refractivity contribution in [2.75, 3.05) is 6.54 Å². The maximum Gasteiger partial charge on any atom is 0.119 e. The molecule has 2 saturated carbocycles. The largest absolute Gasteiger partial charge is 0.489 e. The van der Waals surface area contributed by atoms with E-state index in [0.717, 1.165) is 16.1 Å². The number of hydrogen-bond donors (Lipinski definition) is 1. The summed E-state index contributed by atoms with van der Waals surface area (Å²) in [5.74, 6) is 2.61. The molecule has 1 unspecified atom stereocenters. The Labute approximate surface area is 184 Å². The average Bonchev–Trinajstić information content (AvgIpc) is 3.47. The fourth-order valence-electron chi connectivity index (χ4n) is 4.34. The van der Waals surface area contributed by atoms with Crippen LogP contribution in [0.1, 0.15) is 62.0 Å². The first-order chi connectivity index (χ1) is 13.3. The molecule has 0 heterocycles. The lowest BCUT2D eigenvalue weighted by Crippen LogP contribution is -2.22. The minimum absolute atomic E-state index is 0. The van der Waals surface area contributed by atoms with E-state index in [4.69, 9.17) is 4.74 Å². The van der Waals surface area contributed by atoms with Crippen molar-refractivity contribution in [2.45, 2.75) is 63.5 Å². The van der Waals surface area contributed by atoms with Crippen molar-refractivity contribution in [1.29, 1.82) is 0 Å². The summed E-state index contributed by atoms with van der Waals surface area (Å²) in [7, 11) is 0. The molecule has 1 N–H and O–H groups in total. The minimum atomic E-state index is 0. The molecular weight excluding hydrogens is 434 g/mol. The van der Waals surface area contributed by atoms with E-state index in [1.165, 1.54) is 62.6 Å². The summed E-state index contributed by atoms with van der Waals surface area (Å²) in [4.78, 5) is 0. The van der Waals surface area contributed by atoms with E-state index >= 15 is 0 Å². The van der Waals surface area contributed by atoms with Crippen LogP contribution in [-0.2, 0) is 6.61 Å². The summed E-state index contributed by atoms with van der Waals surface area (Å²) in [6, 6.07) is 17.7. The number of benzene rings is 2. The van der Waals surface area contributed by atoms with Crippen LogP contribution in [0.3, 0.4) is 0 Å². The van der Waals surface area contributed by atoms with Crippen molar-refractivity contribution >= 4 is 28.3 Å². The van der Waals surface area contributed by atoms with Gasteiger partial charge in [0.2, 0.25) is 0 Å². The Bertz CT molecular complexity index is 730. The third-order valence-corrected chi connectivity index (χ3v) is 6.57.